The molecule has 40 heavy (non-hydrogen) atoms. The summed E-state index contributed by atoms with van der Waals surface area (Å²) in [5, 5.41) is 3.08. The number of nitrogens with zero attached hydrogens (tertiary/aromatic N) is 3. The lowest BCUT2D eigenvalue weighted by molar-refractivity contribution is 0.0386. The summed E-state index contributed by atoms with van der Waals surface area (Å²) in [6.07, 6.45) is 5.00. The van der Waals surface area contributed by atoms with Gasteiger partial charge in [0.2, 0.25) is 0 Å². The molecule has 0 aromatic heterocycles. The number of hydrogen-bond donors (Lipinski definition) is 1. The van der Waals surface area contributed by atoms with Gasteiger partial charge in [0.15, 0.2) is 0 Å². The van der Waals surface area contributed by atoms with Crippen molar-refractivity contribution in [3.63, 3.8) is 0 Å². The summed E-state index contributed by atoms with van der Waals surface area (Å²) >= 11 is 0. The monoisotopic (exact) mass is 548 g/mol. The molecule has 8 heteroatoms. The molecule has 0 radical (unpaired) electrons. The van der Waals surface area contributed by atoms with E-state index < -0.39 is 0 Å². The van der Waals surface area contributed by atoms with E-state index in [4.69, 9.17) is 9.47 Å². The number of fused-ring (bicyclic) bond motifs is 1. The van der Waals surface area contributed by atoms with Crippen molar-refractivity contribution in [3.8, 4) is 5.75 Å². The van der Waals surface area contributed by atoms with E-state index in [1.165, 1.54) is 5.56 Å². The topological polar surface area (TPSA) is 74.4 Å². The van der Waals surface area contributed by atoms with Crippen molar-refractivity contribution < 1.29 is 19.1 Å². The first-order valence-electron chi connectivity index (χ1n) is 15.0. The maximum atomic E-state index is 12.9. The van der Waals surface area contributed by atoms with E-state index in [1.54, 1.807) is 0 Å². The van der Waals surface area contributed by atoms with Crippen molar-refractivity contribution >= 4 is 17.6 Å². The number of rotatable bonds is 9. The van der Waals surface area contributed by atoms with Crippen LogP contribution in [0.5, 0.6) is 5.75 Å². The summed E-state index contributed by atoms with van der Waals surface area (Å²) in [5.74, 6) is 1.40. The number of likely N-dealkylation sites (tertiary alicyclic amines) is 1. The van der Waals surface area contributed by atoms with Crippen molar-refractivity contribution in [2.24, 2.45) is 5.92 Å². The lowest BCUT2D eigenvalue weighted by Crippen LogP contribution is -2.51. The van der Waals surface area contributed by atoms with Crippen LogP contribution in [0.3, 0.4) is 0 Å². The minimum atomic E-state index is -0.0917. The molecule has 3 aliphatic rings. The fourth-order valence-corrected chi connectivity index (χ4v) is 6.15. The number of piperidine rings is 1. The van der Waals surface area contributed by atoms with Gasteiger partial charge in [-0.1, -0.05) is 19.1 Å². The highest BCUT2D eigenvalue weighted by molar-refractivity contribution is 6.04. The molecule has 5 rings (SSSR count). The summed E-state index contributed by atoms with van der Waals surface area (Å²) in [6, 6.07) is 14.5. The van der Waals surface area contributed by atoms with Gasteiger partial charge in [0.25, 0.3) is 5.91 Å². The van der Waals surface area contributed by atoms with Crippen LogP contribution in [0.25, 0.3) is 0 Å². The third kappa shape index (κ3) is 7.15. The molecule has 8 nitrogen and oxygen atoms in total. The number of benzene rings is 2. The summed E-state index contributed by atoms with van der Waals surface area (Å²) in [4.78, 5) is 32.4. The van der Waals surface area contributed by atoms with Gasteiger partial charge in [-0.15, -0.1) is 0 Å². The highest BCUT2D eigenvalue weighted by Crippen LogP contribution is 2.27. The number of ether oxygens (including phenoxy) is 2. The zero-order valence-electron chi connectivity index (χ0n) is 24.1. The van der Waals surface area contributed by atoms with Crippen LogP contribution in [0.2, 0.25) is 0 Å². The molecule has 2 saturated heterocycles. The summed E-state index contributed by atoms with van der Waals surface area (Å²) in [5.41, 5.74) is 3.81. The van der Waals surface area contributed by atoms with E-state index in [0.717, 1.165) is 75.3 Å². The number of nitrogens with one attached hydrogen (secondary N) is 1. The number of urea groups is 1. The van der Waals surface area contributed by atoms with Crippen LogP contribution in [0.15, 0.2) is 42.5 Å². The number of anilines is 1. The SMILES string of the molecule is CCCN(CC1CCN(C(=O)N2CCOCC2)CC1)C(C)Cc1cccc(NC(=O)c2ccc3c(c2)CCO3)c1. The normalized spacial score (nSPS) is 18.4. The van der Waals surface area contributed by atoms with Gasteiger partial charge in [0.05, 0.1) is 19.8 Å². The molecule has 0 spiro atoms. The first-order chi connectivity index (χ1) is 19.5. The molecule has 2 fully saturated rings. The number of amides is 3. The van der Waals surface area contributed by atoms with Gasteiger partial charge in [-0.2, -0.15) is 0 Å². The predicted octanol–water partition coefficient (Wildman–Crippen LogP) is 4.68. The van der Waals surface area contributed by atoms with Gasteiger partial charge < -0.3 is 29.5 Å². The first kappa shape index (κ1) is 28.4. The lowest BCUT2D eigenvalue weighted by Gasteiger charge is -2.39. The molecule has 2 aromatic carbocycles. The van der Waals surface area contributed by atoms with Crippen molar-refractivity contribution in [2.75, 3.05) is 64.4 Å². The Morgan fingerprint density at radius 1 is 1.02 bits per heavy atom. The molecule has 0 aliphatic carbocycles. The largest absolute Gasteiger partial charge is 0.493 e. The highest BCUT2D eigenvalue weighted by atomic mass is 16.5. The molecular formula is C32H44N4O4. The molecule has 1 unspecified atom stereocenters. The van der Waals surface area contributed by atoms with Crippen molar-refractivity contribution in [2.45, 2.75) is 52.0 Å². The van der Waals surface area contributed by atoms with Crippen LogP contribution in [0.1, 0.15) is 54.6 Å². The number of morpholine rings is 1. The van der Waals surface area contributed by atoms with Gasteiger partial charge in [-0.25, -0.2) is 4.79 Å². The molecule has 2 aromatic rings. The molecule has 3 heterocycles. The minimum Gasteiger partial charge on any atom is -0.493 e. The van der Waals surface area contributed by atoms with Gasteiger partial charge >= 0.3 is 6.03 Å². The van der Waals surface area contributed by atoms with E-state index in [2.05, 4.69) is 36.2 Å². The highest BCUT2D eigenvalue weighted by Gasteiger charge is 2.29. The van der Waals surface area contributed by atoms with E-state index in [-0.39, 0.29) is 11.9 Å². The Kier molecular flexibility index (Phi) is 9.60. The predicted molar refractivity (Wildman–Crippen MR) is 157 cm³/mol. The molecule has 3 aliphatic heterocycles. The molecule has 1 N–H and O–H groups in total. The second-order valence-electron chi connectivity index (χ2n) is 11.4. The van der Waals surface area contributed by atoms with Crippen LogP contribution < -0.4 is 10.1 Å². The average Bonchev–Trinajstić information content (AvgIpc) is 3.46. The maximum absolute atomic E-state index is 12.9. The standard InChI is InChI=1S/C32H44N4O4/c1-3-12-36(23-25-9-13-34(14-10-25)32(38)35-15-18-39-19-16-35)24(2)20-26-5-4-6-29(21-26)33-31(37)28-7-8-30-27(22-28)11-17-40-30/h4-8,21-22,24-25H,3,9-20,23H2,1-2H3,(H,33,37). The van der Waals surface area contributed by atoms with E-state index >= 15 is 0 Å². The third-order valence-corrected chi connectivity index (χ3v) is 8.46. The maximum Gasteiger partial charge on any atom is 0.320 e. The molecule has 0 saturated carbocycles. The summed E-state index contributed by atoms with van der Waals surface area (Å²) in [6.45, 7) is 11.7. The fraction of sp³-hybridized carbons (Fsp3) is 0.562. The van der Waals surface area contributed by atoms with E-state index in [9.17, 15) is 9.59 Å². The summed E-state index contributed by atoms with van der Waals surface area (Å²) in [7, 11) is 0. The Morgan fingerprint density at radius 2 is 1.80 bits per heavy atom. The van der Waals surface area contributed by atoms with E-state index in [0.29, 0.717) is 50.4 Å². The Bertz CT molecular complexity index is 1160. The van der Waals surface area contributed by atoms with Gasteiger partial charge in [0.1, 0.15) is 5.75 Å². The van der Waals surface area contributed by atoms with Crippen LogP contribution in [-0.2, 0) is 17.6 Å². The van der Waals surface area contributed by atoms with Gasteiger partial charge in [0, 0.05) is 56.4 Å². The Hall–Kier alpha value is -3.10. The van der Waals surface area contributed by atoms with Crippen LogP contribution >= 0.6 is 0 Å². The molecule has 3 amide bonds. The quantitative estimate of drug-likeness (QED) is 0.493. The smallest absolute Gasteiger partial charge is 0.320 e. The Morgan fingerprint density at radius 3 is 2.58 bits per heavy atom. The fourth-order valence-electron chi connectivity index (χ4n) is 6.15. The Labute approximate surface area is 238 Å². The van der Waals surface area contributed by atoms with Crippen molar-refractivity contribution in [1.29, 1.82) is 0 Å². The molecule has 1 atom stereocenters. The second-order valence-corrected chi connectivity index (χ2v) is 11.4. The van der Waals surface area contributed by atoms with Gasteiger partial charge in [-0.3, -0.25) is 4.79 Å². The van der Waals surface area contributed by atoms with Crippen LogP contribution in [-0.4, -0.2) is 91.8 Å². The zero-order valence-corrected chi connectivity index (χ0v) is 24.1. The number of carbonyl (C=O) groups excluding carboxylic acids is 2. The molecule has 0 bridgehead atoms. The average molecular weight is 549 g/mol. The molecule has 216 valence electrons. The second kappa shape index (κ2) is 13.5. The van der Waals surface area contributed by atoms with Crippen molar-refractivity contribution in [1.82, 2.24) is 14.7 Å². The zero-order chi connectivity index (χ0) is 27.9. The van der Waals surface area contributed by atoms with E-state index in [1.807, 2.05) is 40.1 Å². The molecular weight excluding hydrogens is 504 g/mol. The van der Waals surface area contributed by atoms with Crippen LogP contribution in [0, 0.1) is 5.92 Å². The van der Waals surface area contributed by atoms with Crippen LogP contribution in [0.4, 0.5) is 10.5 Å². The summed E-state index contributed by atoms with van der Waals surface area (Å²) < 4.78 is 11.0. The lowest BCUT2D eigenvalue weighted by atomic mass is 9.95. The first-order valence-corrected chi connectivity index (χ1v) is 15.0. The van der Waals surface area contributed by atoms with Gasteiger partial charge in [-0.05, 0) is 86.5 Å². The van der Waals surface area contributed by atoms with Crippen molar-refractivity contribution in [3.05, 3.63) is 59.2 Å². The Balaban J connectivity index is 1.13. The number of carbonyl (C=O) groups is 2. The number of hydrogen-bond acceptors (Lipinski definition) is 5. The third-order valence-electron chi connectivity index (χ3n) is 8.46. The minimum absolute atomic E-state index is 0.0917.